The third-order valence-corrected chi connectivity index (χ3v) is 2.40. The number of oxazole rings is 1. The summed E-state index contributed by atoms with van der Waals surface area (Å²) < 4.78 is 5.30. The summed E-state index contributed by atoms with van der Waals surface area (Å²) in [7, 11) is 0. The van der Waals surface area contributed by atoms with Crippen molar-refractivity contribution in [2.24, 2.45) is 0 Å². The molecule has 4 nitrogen and oxygen atoms in total. The third kappa shape index (κ3) is 2.98. The topological polar surface area (TPSA) is 46.3 Å². The minimum atomic E-state index is -0.124. The highest BCUT2D eigenvalue weighted by Gasteiger charge is 2.21. The zero-order chi connectivity index (χ0) is 12.1. The molecule has 0 saturated carbocycles. The van der Waals surface area contributed by atoms with Crippen molar-refractivity contribution in [2.45, 2.75) is 27.2 Å². The first kappa shape index (κ1) is 13.0. The highest BCUT2D eigenvalue weighted by molar-refractivity contribution is 6.18. The van der Waals surface area contributed by atoms with E-state index in [9.17, 15) is 4.79 Å². The molecular formula is C11H17ClN2O2. The van der Waals surface area contributed by atoms with Crippen molar-refractivity contribution >= 4 is 17.5 Å². The number of halogens is 1. The van der Waals surface area contributed by atoms with Crippen molar-refractivity contribution in [3.05, 3.63) is 17.3 Å². The maximum absolute atomic E-state index is 12.1. The van der Waals surface area contributed by atoms with Crippen LogP contribution in [0.4, 0.5) is 0 Å². The Morgan fingerprint density at radius 2 is 2.12 bits per heavy atom. The maximum atomic E-state index is 12.1. The van der Waals surface area contributed by atoms with Crippen LogP contribution in [-0.4, -0.2) is 34.8 Å². The quantitative estimate of drug-likeness (QED) is 0.747. The molecule has 1 aromatic heterocycles. The number of rotatable bonds is 5. The zero-order valence-corrected chi connectivity index (χ0v) is 10.7. The average Bonchev–Trinajstić information content (AvgIpc) is 2.56. The fourth-order valence-corrected chi connectivity index (χ4v) is 1.76. The van der Waals surface area contributed by atoms with Gasteiger partial charge in [-0.15, -0.1) is 11.6 Å². The van der Waals surface area contributed by atoms with Gasteiger partial charge in [-0.25, -0.2) is 4.98 Å². The van der Waals surface area contributed by atoms with E-state index in [0.29, 0.717) is 36.3 Å². The van der Waals surface area contributed by atoms with Crippen LogP contribution in [0.2, 0.25) is 0 Å². The van der Waals surface area contributed by atoms with Gasteiger partial charge >= 0.3 is 0 Å². The van der Waals surface area contributed by atoms with Crippen LogP contribution < -0.4 is 0 Å². The van der Waals surface area contributed by atoms with E-state index in [0.717, 1.165) is 6.42 Å². The molecule has 0 spiro atoms. The summed E-state index contributed by atoms with van der Waals surface area (Å²) in [5.41, 5.74) is 0.637. The van der Waals surface area contributed by atoms with Gasteiger partial charge in [-0.3, -0.25) is 4.79 Å². The van der Waals surface area contributed by atoms with Gasteiger partial charge in [0.05, 0.1) is 5.69 Å². The number of amides is 1. The van der Waals surface area contributed by atoms with Gasteiger partial charge in [0.1, 0.15) is 0 Å². The Balaban J connectivity index is 2.85. The molecule has 90 valence electrons. The van der Waals surface area contributed by atoms with Gasteiger partial charge in [0.25, 0.3) is 5.91 Å². The molecule has 1 heterocycles. The minimum Gasteiger partial charge on any atom is -0.436 e. The SMILES string of the molecule is CCCN(CCCl)C(=O)c1oc(C)nc1C. The van der Waals surface area contributed by atoms with Crippen LogP contribution in [0.25, 0.3) is 0 Å². The summed E-state index contributed by atoms with van der Waals surface area (Å²) in [6, 6.07) is 0. The molecule has 5 heteroatoms. The Labute approximate surface area is 101 Å². The van der Waals surface area contributed by atoms with E-state index in [4.69, 9.17) is 16.0 Å². The van der Waals surface area contributed by atoms with Crippen LogP contribution in [0.5, 0.6) is 0 Å². The van der Waals surface area contributed by atoms with E-state index < -0.39 is 0 Å². The second-order valence-electron chi connectivity index (χ2n) is 3.63. The monoisotopic (exact) mass is 244 g/mol. The van der Waals surface area contributed by atoms with Crippen molar-refractivity contribution in [3.63, 3.8) is 0 Å². The molecule has 0 unspecified atom stereocenters. The average molecular weight is 245 g/mol. The lowest BCUT2D eigenvalue weighted by atomic mass is 10.3. The second kappa shape index (κ2) is 5.89. The Morgan fingerprint density at radius 1 is 1.44 bits per heavy atom. The number of nitrogens with zero attached hydrogens (tertiary/aromatic N) is 2. The van der Waals surface area contributed by atoms with E-state index in [1.165, 1.54) is 0 Å². The number of hydrogen-bond donors (Lipinski definition) is 0. The molecule has 0 aliphatic rings. The largest absolute Gasteiger partial charge is 0.436 e. The van der Waals surface area contributed by atoms with Gasteiger partial charge in [0, 0.05) is 25.9 Å². The fraction of sp³-hybridized carbons (Fsp3) is 0.636. The van der Waals surface area contributed by atoms with E-state index in [-0.39, 0.29) is 5.91 Å². The van der Waals surface area contributed by atoms with Gasteiger partial charge in [-0.05, 0) is 13.3 Å². The molecule has 0 N–H and O–H groups in total. The van der Waals surface area contributed by atoms with Crippen LogP contribution in [0, 0.1) is 13.8 Å². The first-order valence-corrected chi connectivity index (χ1v) is 5.92. The summed E-state index contributed by atoms with van der Waals surface area (Å²) in [5.74, 6) is 1.15. The molecule has 0 bridgehead atoms. The highest BCUT2D eigenvalue weighted by atomic mass is 35.5. The lowest BCUT2D eigenvalue weighted by molar-refractivity contribution is 0.0731. The minimum absolute atomic E-state index is 0.124. The van der Waals surface area contributed by atoms with Crippen molar-refractivity contribution in [1.29, 1.82) is 0 Å². The van der Waals surface area contributed by atoms with Gasteiger partial charge in [0.2, 0.25) is 5.76 Å². The van der Waals surface area contributed by atoms with Gasteiger partial charge in [-0.1, -0.05) is 6.92 Å². The molecule has 0 radical (unpaired) electrons. The Morgan fingerprint density at radius 3 is 2.56 bits per heavy atom. The van der Waals surface area contributed by atoms with Crippen molar-refractivity contribution < 1.29 is 9.21 Å². The Bertz CT molecular complexity index is 357. The first-order valence-electron chi connectivity index (χ1n) is 5.39. The normalized spacial score (nSPS) is 10.5. The first-order chi connectivity index (χ1) is 7.60. The molecule has 0 aromatic carbocycles. The Kier molecular flexibility index (Phi) is 4.80. The van der Waals surface area contributed by atoms with Gasteiger partial charge in [0.15, 0.2) is 5.89 Å². The smallest absolute Gasteiger partial charge is 0.291 e. The number of carbonyl (C=O) groups excluding carboxylic acids is 1. The zero-order valence-electron chi connectivity index (χ0n) is 9.92. The molecule has 0 saturated heterocycles. The lowest BCUT2D eigenvalue weighted by Crippen LogP contribution is -2.33. The molecule has 0 atom stereocenters. The van der Waals surface area contributed by atoms with Crippen molar-refractivity contribution in [1.82, 2.24) is 9.88 Å². The molecule has 1 aromatic rings. The van der Waals surface area contributed by atoms with Crippen LogP contribution in [0.15, 0.2) is 4.42 Å². The molecule has 1 rings (SSSR count). The van der Waals surface area contributed by atoms with Crippen LogP contribution in [0.3, 0.4) is 0 Å². The molecule has 16 heavy (non-hydrogen) atoms. The predicted octanol–water partition coefficient (Wildman–Crippen LogP) is 2.38. The van der Waals surface area contributed by atoms with Gasteiger partial charge in [-0.2, -0.15) is 0 Å². The highest BCUT2D eigenvalue weighted by Crippen LogP contribution is 2.12. The van der Waals surface area contributed by atoms with Crippen molar-refractivity contribution in [2.75, 3.05) is 19.0 Å². The molecule has 1 amide bonds. The molecular weight excluding hydrogens is 228 g/mol. The van der Waals surface area contributed by atoms with E-state index in [2.05, 4.69) is 4.98 Å². The summed E-state index contributed by atoms with van der Waals surface area (Å²) in [6.07, 6.45) is 0.898. The predicted molar refractivity (Wildman–Crippen MR) is 62.9 cm³/mol. The summed E-state index contributed by atoms with van der Waals surface area (Å²) in [5, 5.41) is 0. The number of carbonyl (C=O) groups is 1. The number of hydrogen-bond acceptors (Lipinski definition) is 3. The molecule has 0 fully saturated rings. The van der Waals surface area contributed by atoms with E-state index in [1.54, 1.807) is 18.7 Å². The van der Waals surface area contributed by atoms with Crippen LogP contribution >= 0.6 is 11.6 Å². The number of aryl methyl sites for hydroxylation is 2. The number of aromatic nitrogens is 1. The van der Waals surface area contributed by atoms with Crippen molar-refractivity contribution in [3.8, 4) is 0 Å². The summed E-state index contributed by atoms with van der Waals surface area (Å²) in [4.78, 5) is 17.9. The second-order valence-corrected chi connectivity index (χ2v) is 4.01. The number of alkyl halides is 1. The fourth-order valence-electron chi connectivity index (χ4n) is 1.56. The lowest BCUT2D eigenvalue weighted by Gasteiger charge is -2.19. The van der Waals surface area contributed by atoms with E-state index >= 15 is 0 Å². The van der Waals surface area contributed by atoms with Crippen LogP contribution in [0.1, 0.15) is 35.5 Å². The standard InChI is InChI=1S/C11H17ClN2O2/c1-4-6-14(7-5-12)11(15)10-8(2)13-9(3)16-10/h4-7H2,1-3H3. The molecule has 0 aliphatic carbocycles. The van der Waals surface area contributed by atoms with Crippen LogP contribution in [-0.2, 0) is 0 Å². The van der Waals surface area contributed by atoms with E-state index in [1.807, 2.05) is 6.92 Å². The third-order valence-electron chi connectivity index (χ3n) is 2.23. The Hall–Kier alpha value is -1.03. The molecule has 0 aliphatic heterocycles. The van der Waals surface area contributed by atoms with Gasteiger partial charge < -0.3 is 9.32 Å². The summed E-state index contributed by atoms with van der Waals surface area (Å²) >= 11 is 5.67. The maximum Gasteiger partial charge on any atom is 0.291 e. The summed E-state index contributed by atoms with van der Waals surface area (Å²) in [6.45, 7) is 6.75.